The number of ether oxygens (including phenoxy) is 1. The minimum absolute atomic E-state index is 0.0156. The Bertz CT molecular complexity index is 793. The standard InChI is InChI=1S/C20H24BrNO4/c1-3-26-19(25)22-7-6-20-10-12(23)4-5-14(20)16(22)9-13-15(21)8-11(2)18(24)17(13)20/h8,14,16,24H,3-7,9-10H2,1-2H3/t14?,16?,20-/m1/s1. The minimum Gasteiger partial charge on any atom is -0.507 e. The molecule has 3 atom stereocenters. The van der Waals surface area contributed by atoms with Gasteiger partial charge in [0.15, 0.2) is 0 Å². The summed E-state index contributed by atoms with van der Waals surface area (Å²) < 4.78 is 6.24. The van der Waals surface area contributed by atoms with Crippen molar-refractivity contribution in [1.29, 1.82) is 0 Å². The van der Waals surface area contributed by atoms with Crippen molar-refractivity contribution in [2.45, 2.75) is 57.4 Å². The monoisotopic (exact) mass is 421 g/mol. The number of phenols is 1. The van der Waals surface area contributed by atoms with Crippen LogP contribution in [0.5, 0.6) is 5.75 Å². The average molecular weight is 422 g/mol. The number of phenolic OH excluding ortho intramolecular Hbond substituents is 1. The van der Waals surface area contributed by atoms with Crippen LogP contribution in [0, 0.1) is 12.8 Å². The smallest absolute Gasteiger partial charge is 0.410 e. The summed E-state index contributed by atoms with van der Waals surface area (Å²) in [4.78, 5) is 26.8. The number of hydrogen-bond acceptors (Lipinski definition) is 4. The maximum absolute atomic E-state index is 12.5. The number of piperidine rings is 1. The van der Waals surface area contributed by atoms with Gasteiger partial charge in [-0.3, -0.25) is 4.79 Å². The van der Waals surface area contributed by atoms with Gasteiger partial charge in [-0.15, -0.1) is 0 Å². The number of ketones is 1. The largest absolute Gasteiger partial charge is 0.507 e. The first-order valence-corrected chi connectivity index (χ1v) is 10.1. The van der Waals surface area contributed by atoms with Crippen LogP contribution in [0.15, 0.2) is 10.5 Å². The lowest BCUT2D eigenvalue weighted by molar-refractivity contribution is -0.126. The fourth-order valence-electron chi connectivity index (χ4n) is 5.54. The Kier molecular flexibility index (Phi) is 4.29. The van der Waals surface area contributed by atoms with Gasteiger partial charge in [0.1, 0.15) is 11.5 Å². The zero-order valence-electron chi connectivity index (χ0n) is 15.2. The van der Waals surface area contributed by atoms with Crippen molar-refractivity contribution < 1.29 is 19.4 Å². The predicted octanol–water partition coefficient (Wildman–Crippen LogP) is 3.86. The molecular weight excluding hydrogens is 398 g/mol. The third-order valence-corrected chi connectivity index (χ3v) is 7.28. The van der Waals surface area contributed by atoms with Gasteiger partial charge in [-0.1, -0.05) is 15.9 Å². The molecule has 1 N–H and O–H groups in total. The zero-order valence-corrected chi connectivity index (χ0v) is 16.8. The van der Waals surface area contributed by atoms with E-state index in [1.54, 1.807) is 0 Å². The first-order valence-electron chi connectivity index (χ1n) is 9.35. The summed E-state index contributed by atoms with van der Waals surface area (Å²) in [5, 5.41) is 10.9. The normalized spacial score (nSPS) is 29.8. The highest BCUT2D eigenvalue weighted by Crippen LogP contribution is 2.58. The fourth-order valence-corrected chi connectivity index (χ4v) is 6.24. The van der Waals surface area contributed by atoms with Crippen molar-refractivity contribution in [3.05, 3.63) is 27.2 Å². The van der Waals surface area contributed by atoms with Crippen LogP contribution < -0.4 is 0 Å². The summed E-state index contributed by atoms with van der Waals surface area (Å²) in [6.45, 7) is 4.64. The molecule has 6 heteroatoms. The summed E-state index contributed by atoms with van der Waals surface area (Å²) in [6, 6.07) is 1.95. The molecular formula is C20H24BrNO4. The molecule has 1 saturated heterocycles. The van der Waals surface area contributed by atoms with Crippen LogP contribution in [0.4, 0.5) is 4.79 Å². The second-order valence-corrected chi connectivity index (χ2v) is 8.66. The molecule has 1 aromatic rings. The van der Waals surface area contributed by atoms with Crippen molar-refractivity contribution in [3.8, 4) is 5.75 Å². The number of Topliss-reactive ketones (excluding diaryl/α,β-unsaturated/α-hetero) is 1. The Labute approximate surface area is 161 Å². The summed E-state index contributed by atoms with van der Waals surface area (Å²) >= 11 is 3.66. The molecule has 1 aromatic carbocycles. The van der Waals surface area contributed by atoms with Gasteiger partial charge in [0.25, 0.3) is 0 Å². The molecule has 4 rings (SSSR count). The van der Waals surface area contributed by atoms with Crippen LogP contribution in [-0.4, -0.2) is 41.1 Å². The molecule has 0 radical (unpaired) electrons. The van der Waals surface area contributed by atoms with Crippen LogP contribution in [0.2, 0.25) is 0 Å². The third-order valence-electron chi connectivity index (χ3n) is 6.58. The quantitative estimate of drug-likeness (QED) is 0.747. The number of aryl methyl sites for hydroxylation is 1. The minimum atomic E-state index is -0.366. The summed E-state index contributed by atoms with van der Waals surface area (Å²) in [5.74, 6) is 0.769. The van der Waals surface area contributed by atoms with Gasteiger partial charge in [0.2, 0.25) is 0 Å². The van der Waals surface area contributed by atoms with E-state index in [1.165, 1.54) is 0 Å². The maximum atomic E-state index is 12.5. The van der Waals surface area contributed by atoms with E-state index >= 15 is 0 Å². The van der Waals surface area contributed by atoms with Crippen molar-refractivity contribution in [2.75, 3.05) is 13.2 Å². The number of aromatic hydroxyl groups is 1. The van der Waals surface area contributed by atoms with E-state index < -0.39 is 0 Å². The van der Waals surface area contributed by atoms with Gasteiger partial charge in [-0.05, 0) is 56.2 Å². The highest BCUT2D eigenvalue weighted by atomic mass is 79.9. The van der Waals surface area contributed by atoms with E-state index in [1.807, 2.05) is 24.8 Å². The number of carbonyl (C=O) groups excluding carboxylic acids is 2. The van der Waals surface area contributed by atoms with Crippen LogP contribution in [0.25, 0.3) is 0 Å². The molecule has 1 amide bonds. The van der Waals surface area contributed by atoms with Crippen molar-refractivity contribution in [3.63, 3.8) is 0 Å². The van der Waals surface area contributed by atoms with E-state index in [9.17, 15) is 14.7 Å². The topological polar surface area (TPSA) is 66.8 Å². The number of fused-ring (bicyclic) bond motifs is 1. The number of benzene rings is 1. The molecule has 26 heavy (non-hydrogen) atoms. The van der Waals surface area contributed by atoms with E-state index in [-0.39, 0.29) is 29.3 Å². The number of carbonyl (C=O) groups is 2. The van der Waals surface area contributed by atoms with Crippen LogP contribution in [0.1, 0.15) is 49.3 Å². The highest BCUT2D eigenvalue weighted by molar-refractivity contribution is 9.10. The Morgan fingerprint density at radius 3 is 3.00 bits per heavy atom. The third kappa shape index (κ3) is 2.41. The highest BCUT2D eigenvalue weighted by Gasteiger charge is 2.58. The van der Waals surface area contributed by atoms with Crippen LogP contribution in [0.3, 0.4) is 0 Å². The molecule has 140 valence electrons. The van der Waals surface area contributed by atoms with Gasteiger partial charge in [0.05, 0.1) is 6.61 Å². The second kappa shape index (κ2) is 6.25. The van der Waals surface area contributed by atoms with Crippen molar-refractivity contribution in [2.24, 2.45) is 5.92 Å². The van der Waals surface area contributed by atoms with E-state index in [4.69, 9.17) is 4.74 Å². The SMILES string of the molecule is CCOC(=O)N1CC[C@@]23CC(=O)CCC2C1Cc1c(Br)cc(C)c(O)c13. The van der Waals surface area contributed by atoms with Crippen LogP contribution in [-0.2, 0) is 21.4 Å². The number of hydrogen-bond donors (Lipinski definition) is 1. The van der Waals surface area contributed by atoms with Gasteiger partial charge in [0, 0.05) is 40.9 Å². The molecule has 0 spiro atoms. The average Bonchev–Trinajstić information content (AvgIpc) is 2.58. The summed E-state index contributed by atoms with van der Waals surface area (Å²) in [6.07, 6.45) is 2.89. The number of amides is 1. The molecule has 3 aliphatic rings. The molecule has 5 nitrogen and oxygen atoms in total. The second-order valence-electron chi connectivity index (χ2n) is 7.81. The van der Waals surface area contributed by atoms with Crippen LogP contribution >= 0.6 is 15.9 Å². The fraction of sp³-hybridized carbons (Fsp3) is 0.600. The molecule has 2 unspecified atom stereocenters. The maximum Gasteiger partial charge on any atom is 0.410 e. The van der Waals surface area contributed by atoms with E-state index in [0.717, 1.165) is 27.6 Å². The Morgan fingerprint density at radius 2 is 2.27 bits per heavy atom. The molecule has 1 aliphatic heterocycles. The first-order chi connectivity index (χ1) is 12.4. The number of halogens is 1. The molecule has 1 heterocycles. The van der Waals surface area contributed by atoms with Crippen molar-refractivity contribution in [1.82, 2.24) is 4.90 Å². The Hall–Kier alpha value is -1.56. The number of likely N-dealkylation sites (tertiary alicyclic amines) is 1. The molecule has 2 fully saturated rings. The van der Waals surface area contributed by atoms with E-state index in [0.29, 0.717) is 44.6 Å². The molecule has 1 saturated carbocycles. The lowest BCUT2D eigenvalue weighted by Crippen LogP contribution is -2.63. The van der Waals surface area contributed by atoms with Gasteiger partial charge < -0.3 is 14.7 Å². The molecule has 2 aliphatic carbocycles. The summed E-state index contributed by atoms with van der Waals surface area (Å²) in [5.41, 5.74) is 2.45. The lowest BCUT2D eigenvalue weighted by Gasteiger charge is -2.58. The zero-order chi connectivity index (χ0) is 18.6. The van der Waals surface area contributed by atoms with E-state index in [2.05, 4.69) is 15.9 Å². The Balaban J connectivity index is 1.89. The molecule has 2 bridgehead atoms. The van der Waals surface area contributed by atoms with Gasteiger partial charge in [-0.25, -0.2) is 4.79 Å². The van der Waals surface area contributed by atoms with Crippen molar-refractivity contribution >= 4 is 27.8 Å². The Morgan fingerprint density at radius 1 is 1.50 bits per heavy atom. The summed E-state index contributed by atoms with van der Waals surface area (Å²) in [7, 11) is 0. The number of nitrogens with zero attached hydrogens (tertiary/aromatic N) is 1. The molecule has 0 aromatic heterocycles. The van der Waals surface area contributed by atoms with Gasteiger partial charge in [-0.2, -0.15) is 0 Å². The predicted molar refractivity (Wildman–Crippen MR) is 100 cm³/mol. The van der Waals surface area contributed by atoms with Gasteiger partial charge >= 0.3 is 6.09 Å². The number of rotatable bonds is 1. The lowest BCUT2D eigenvalue weighted by atomic mass is 9.52. The first kappa shape index (κ1) is 17.8.